The highest BCUT2D eigenvalue weighted by atomic mass is 79.9. The van der Waals surface area contributed by atoms with Gasteiger partial charge in [0.2, 0.25) is 5.13 Å². The van der Waals surface area contributed by atoms with Crippen LogP contribution in [0.2, 0.25) is 5.02 Å². The molecule has 2 aromatic carbocycles. The fraction of sp³-hybridized carbons (Fsp3) is 0.250. The van der Waals surface area contributed by atoms with Crippen molar-refractivity contribution in [2.45, 2.75) is 6.42 Å². The first-order valence-corrected chi connectivity index (χ1v) is 10.9. The normalized spacial score (nSPS) is 14.4. The number of amides is 1. The van der Waals surface area contributed by atoms with Crippen LogP contribution in [0.15, 0.2) is 53.0 Å². The lowest BCUT2D eigenvalue weighted by Crippen LogP contribution is -2.48. The summed E-state index contributed by atoms with van der Waals surface area (Å²) in [6.45, 7) is 2.86. The number of aromatic nitrogens is 2. The van der Waals surface area contributed by atoms with E-state index in [4.69, 9.17) is 11.6 Å². The minimum absolute atomic E-state index is 0.0628. The van der Waals surface area contributed by atoms with Crippen LogP contribution in [0.25, 0.3) is 0 Å². The highest BCUT2D eigenvalue weighted by Gasteiger charge is 2.25. The molecule has 2 heterocycles. The van der Waals surface area contributed by atoms with Crippen molar-refractivity contribution < 1.29 is 4.79 Å². The molecular formula is C20H18BrClN4OS. The van der Waals surface area contributed by atoms with Crippen LogP contribution >= 0.6 is 39.1 Å². The molecule has 1 fully saturated rings. The Morgan fingerprint density at radius 3 is 2.50 bits per heavy atom. The molecule has 0 saturated carbocycles. The summed E-state index contributed by atoms with van der Waals surface area (Å²) in [7, 11) is 0. The van der Waals surface area contributed by atoms with Crippen molar-refractivity contribution in [1.82, 2.24) is 14.3 Å². The number of halogens is 2. The van der Waals surface area contributed by atoms with E-state index in [1.807, 2.05) is 53.4 Å². The molecule has 1 aliphatic rings. The molecule has 1 saturated heterocycles. The summed E-state index contributed by atoms with van der Waals surface area (Å²) in [5, 5.41) is 1.64. The minimum atomic E-state index is 0.0628. The Kier molecular flexibility index (Phi) is 5.94. The zero-order chi connectivity index (χ0) is 19.5. The predicted octanol–water partition coefficient (Wildman–Crippen LogP) is 4.51. The maximum Gasteiger partial charge on any atom is 0.255 e. The molecule has 4 rings (SSSR count). The van der Waals surface area contributed by atoms with Crippen molar-refractivity contribution in [2.75, 3.05) is 31.1 Å². The lowest BCUT2D eigenvalue weighted by Gasteiger charge is -2.34. The van der Waals surface area contributed by atoms with E-state index in [1.165, 1.54) is 11.5 Å². The first kappa shape index (κ1) is 19.4. The van der Waals surface area contributed by atoms with E-state index in [1.54, 1.807) is 0 Å². The molecule has 28 heavy (non-hydrogen) atoms. The molecular weight excluding hydrogens is 460 g/mol. The van der Waals surface area contributed by atoms with E-state index in [2.05, 4.69) is 30.2 Å². The summed E-state index contributed by atoms with van der Waals surface area (Å²) in [5.41, 5.74) is 1.84. The van der Waals surface area contributed by atoms with E-state index >= 15 is 0 Å². The third-order valence-electron chi connectivity index (χ3n) is 4.67. The molecule has 144 valence electrons. The number of rotatable bonds is 4. The number of nitrogens with zero attached hydrogens (tertiary/aromatic N) is 4. The van der Waals surface area contributed by atoms with Crippen molar-refractivity contribution in [3.05, 3.63) is 75.0 Å². The van der Waals surface area contributed by atoms with Gasteiger partial charge in [-0.05, 0) is 45.8 Å². The number of anilines is 1. The molecule has 0 bridgehead atoms. The molecule has 8 heteroatoms. The van der Waals surface area contributed by atoms with Crippen LogP contribution in [0.1, 0.15) is 21.7 Å². The smallest absolute Gasteiger partial charge is 0.255 e. The van der Waals surface area contributed by atoms with E-state index in [0.29, 0.717) is 25.1 Å². The molecule has 0 spiro atoms. The van der Waals surface area contributed by atoms with Crippen molar-refractivity contribution in [3.8, 4) is 0 Å². The number of piperazine rings is 1. The second kappa shape index (κ2) is 8.59. The van der Waals surface area contributed by atoms with E-state index in [-0.39, 0.29) is 5.91 Å². The van der Waals surface area contributed by atoms with Crippen LogP contribution in [0.4, 0.5) is 5.13 Å². The largest absolute Gasteiger partial charge is 0.343 e. The van der Waals surface area contributed by atoms with Crippen molar-refractivity contribution >= 4 is 50.1 Å². The van der Waals surface area contributed by atoms with E-state index in [9.17, 15) is 4.79 Å². The Morgan fingerprint density at radius 2 is 1.79 bits per heavy atom. The summed E-state index contributed by atoms with van der Waals surface area (Å²) >= 11 is 10.8. The van der Waals surface area contributed by atoms with Gasteiger partial charge < -0.3 is 9.80 Å². The van der Waals surface area contributed by atoms with Gasteiger partial charge in [0.25, 0.3) is 5.91 Å². The number of carbonyl (C=O) groups is 1. The Balaban J connectivity index is 1.36. The summed E-state index contributed by atoms with van der Waals surface area (Å²) in [4.78, 5) is 21.5. The van der Waals surface area contributed by atoms with Crippen LogP contribution < -0.4 is 4.90 Å². The summed E-state index contributed by atoms with van der Waals surface area (Å²) in [6, 6.07) is 15.3. The Bertz CT molecular complexity index is 970. The average molecular weight is 478 g/mol. The van der Waals surface area contributed by atoms with Gasteiger partial charge in [0.05, 0.1) is 5.56 Å². The molecule has 5 nitrogen and oxygen atoms in total. The van der Waals surface area contributed by atoms with Crippen LogP contribution in [0.5, 0.6) is 0 Å². The molecule has 1 aliphatic heterocycles. The first-order chi connectivity index (χ1) is 13.6. The molecule has 0 unspecified atom stereocenters. The van der Waals surface area contributed by atoms with Gasteiger partial charge in [-0.3, -0.25) is 4.79 Å². The van der Waals surface area contributed by atoms with Crippen molar-refractivity contribution in [2.24, 2.45) is 0 Å². The monoisotopic (exact) mass is 476 g/mol. The van der Waals surface area contributed by atoms with E-state index in [0.717, 1.165) is 39.1 Å². The van der Waals surface area contributed by atoms with Crippen LogP contribution in [-0.4, -0.2) is 46.3 Å². The van der Waals surface area contributed by atoms with Gasteiger partial charge in [0, 0.05) is 53.6 Å². The predicted molar refractivity (Wildman–Crippen MR) is 116 cm³/mol. The second-order valence-corrected chi connectivity index (χ2v) is 8.58. The number of carbonyl (C=O) groups excluding carboxylic acids is 1. The maximum atomic E-state index is 12.7. The molecule has 0 aliphatic carbocycles. The number of hydrogen-bond acceptors (Lipinski definition) is 5. The third-order valence-corrected chi connectivity index (χ3v) is 6.43. The molecule has 0 radical (unpaired) electrons. The van der Waals surface area contributed by atoms with Crippen molar-refractivity contribution in [3.63, 3.8) is 0 Å². The topological polar surface area (TPSA) is 49.3 Å². The van der Waals surface area contributed by atoms with Crippen LogP contribution in [0, 0.1) is 0 Å². The summed E-state index contributed by atoms with van der Waals surface area (Å²) in [6.07, 6.45) is 0.689. The molecule has 0 atom stereocenters. The highest BCUT2D eigenvalue weighted by Crippen LogP contribution is 2.23. The van der Waals surface area contributed by atoms with Gasteiger partial charge >= 0.3 is 0 Å². The Labute approximate surface area is 181 Å². The molecule has 1 aromatic heterocycles. The highest BCUT2D eigenvalue weighted by molar-refractivity contribution is 9.10. The summed E-state index contributed by atoms with van der Waals surface area (Å²) in [5.74, 6) is 0.877. The standard InChI is InChI=1S/C20H18BrClN4OS/c21-17-4-2-1-3-16(17)19(27)25-9-11-26(12-10-25)20-23-18(24-28-20)13-14-5-7-15(22)8-6-14/h1-8H,9-13H2. The van der Waals surface area contributed by atoms with E-state index < -0.39 is 0 Å². The van der Waals surface area contributed by atoms with Gasteiger partial charge in [0.1, 0.15) is 5.82 Å². The average Bonchev–Trinajstić information content (AvgIpc) is 3.18. The van der Waals surface area contributed by atoms with Crippen LogP contribution in [0.3, 0.4) is 0 Å². The number of hydrogen-bond donors (Lipinski definition) is 0. The van der Waals surface area contributed by atoms with Gasteiger partial charge in [-0.25, -0.2) is 4.98 Å². The van der Waals surface area contributed by atoms with Gasteiger partial charge in [-0.15, -0.1) is 0 Å². The minimum Gasteiger partial charge on any atom is -0.343 e. The lowest BCUT2D eigenvalue weighted by molar-refractivity contribution is 0.0746. The Hall–Kier alpha value is -1.96. The SMILES string of the molecule is O=C(c1ccccc1Br)N1CCN(c2nc(Cc3ccc(Cl)cc3)ns2)CC1. The van der Waals surface area contributed by atoms with Crippen LogP contribution in [-0.2, 0) is 6.42 Å². The third kappa shape index (κ3) is 4.37. The molecule has 0 N–H and O–H groups in total. The lowest BCUT2D eigenvalue weighted by atomic mass is 10.1. The zero-order valence-electron chi connectivity index (χ0n) is 15.0. The fourth-order valence-electron chi connectivity index (χ4n) is 3.14. The van der Waals surface area contributed by atoms with Gasteiger partial charge in [-0.2, -0.15) is 4.37 Å². The van der Waals surface area contributed by atoms with Gasteiger partial charge in [0.15, 0.2) is 0 Å². The first-order valence-electron chi connectivity index (χ1n) is 8.96. The fourth-order valence-corrected chi connectivity index (χ4v) is 4.45. The quantitative estimate of drug-likeness (QED) is 0.555. The second-order valence-electron chi connectivity index (χ2n) is 6.56. The maximum absolute atomic E-state index is 12.7. The summed E-state index contributed by atoms with van der Waals surface area (Å²) < 4.78 is 5.32. The molecule has 3 aromatic rings. The zero-order valence-corrected chi connectivity index (χ0v) is 18.2. The number of benzene rings is 2. The van der Waals surface area contributed by atoms with Gasteiger partial charge in [-0.1, -0.05) is 35.9 Å². The van der Waals surface area contributed by atoms with Crippen molar-refractivity contribution in [1.29, 1.82) is 0 Å². The Morgan fingerprint density at radius 1 is 1.07 bits per heavy atom. The molecule has 1 amide bonds.